The van der Waals surface area contributed by atoms with E-state index in [-0.39, 0.29) is 5.91 Å². The Bertz CT molecular complexity index is 426. The van der Waals surface area contributed by atoms with Crippen molar-refractivity contribution in [1.29, 1.82) is 0 Å². The van der Waals surface area contributed by atoms with Crippen LogP contribution in [0.5, 0.6) is 0 Å². The highest BCUT2D eigenvalue weighted by Gasteiger charge is 2.13. The monoisotopic (exact) mass is 282 g/mol. The molecule has 19 heavy (non-hydrogen) atoms. The second-order valence-electron chi connectivity index (χ2n) is 4.65. The number of hydrogen-bond donors (Lipinski definition) is 2. The zero-order valence-corrected chi connectivity index (χ0v) is 12.2. The maximum atomic E-state index is 12.1. The molecule has 0 spiro atoms. The van der Waals surface area contributed by atoms with Gasteiger partial charge in [0.05, 0.1) is 5.69 Å². The van der Waals surface area contributed by atoms with Gasteiger partial charge in [-0.05, 0) is 13.0 Å². The molecular formula is C13H22N4OS. The molecule has 0 aromatic carbocycles. The fourth-order valence-electron chi connectivity index (χ4n) is 2.23. The van der Waals surface area contributed by atoms with Gasteiger partial charge in [0.1, 0.15) is 5.69 Å². The molecule has 2 heterocycles. The van der Waals surface area contributed by atoms with Crippen molar-refractivity contribution in [3.8, 4) is 0 Å². The van der Waals surface area contributed by atoms with Crippen LogP contribution in [0.1, 0.15) is 17.4 Å². The van der Waals surface area contributed by atoms with Crippen LogP contribution in [-0.2, 0) is 6.54 Å². The van der Waals surface area contributed by atoms with Crippen molar-refractivity contribution in [2.75, 3.05) is 43.4 Å². The number of aromatic nitrogens is 1. The summed E-state index contributed by atoms with van der Waals surface area (Å²) in [6, 6.07) is 1.73. The molecule has 1 fully saturated rings. The third-order valence-corrected chi connectivity index (χ3v) is 4.25. The van der Waals surface area contributed by atoms with Gasteiger partial charge in [0.15, 0.2) is 0 Å². The average Bonchev–Trinajstić information content (AvgIpc) is 2.81. The van der Waals surface area contributed by atoms with E-state index < -0.39 is 0 Å². The Hall–Kier alpha value is -1.14. The maximum Gasteiger partial charge on any atom is 0.268 e. The highest BCUT2D eigenvalue weighted by atomic mass is 32.2. The maximum absolute atomic E-state index is 12.1. The Balaban J connectivity index is 1.80. The molecule has 0 atom stereocenters. The Morgan fingerprint density at radius 1 is 1.47 bits per heavy atom. The van der Waals surface area contributed by atoms with E-state index in [1.54, 1.807) is 12.3 Å². The molecule has 0 saturated carbocycles. The van der Waals surface area contributed by atoms with E-state index >= 15 is 0 Å². The van der Waals surface area contributed by atoms with Gasteiger partial charge in [-0.2, -0.15) is 11.8 Å². The first-order chi connectivity index (χ1) is 9.20. The summed E-state index contributed by atoms with van der Waals surface area (Å²) in [4.78, 5) is 14.5. The highest BCUT2D eigenvalue weighted by molar-refractivity contribution is 7.99. The highest BCUT2D eigenvalue weighted by Crippen LogP contribution is 2.10. The fraction of sp³-hybridized carbons (Fsp3) is 0.615. The van der Waals surface area contributed by atoms with Gasteiger partial charge in [-0.25, -0.2) is 0 Å². The third-order valence-electron chi connectivity index (χ3n) is 3.31. The molecule has 1 aliphatic heterocycles. The number of thioether (sulfide) groups is 1. The summed E-state index contributed by atoms with van der Waals surface area (Å²) < 4.78 is 1.88. The van der Waals surface area contributed by atoms with Crippen LogP contribution in [0.2, 0.25) is 0 Å². The quantitative estimate of drug-likeness (QED) is 0.841. The van der Waals surface area contributed by atoms with Gasteiger partial charge in [0.2, 0.25) is 0 Å². The van der Waals surface area contributed by atoms with E-state index in [9.17, 15) is 4.79 Å². The minimum absolute atomic E-state index is 0.0371. The van der Waals surface area contributed by atoms with Gasteiger partial charge in [0.25, 0.3) is 5.91 Å². The van der Waals surface area contributed by atoms with E-state index in [1.807, 2.05) is 23.3 Å². The normalized spacial score (nSPS) is 16.5. The van der Waals surface area contributed by atoms with Gasteiger partial charge in [-0.1, -0.05) is 0 Å². The van der Waals surface area contributed by atoms with Crippen LogP contribution in [0.3, 0.4) is 0 Å². The standard InChI is InChI=1S/C13H22N4OS/c1-2-17-10-11(14)9-12(17)13(18)15-3-4-16-5-7-19-8-6-16/h9-10H,2-8,14H2,1H3,(H,15,18). The van der Waals surface area contributed by atoms with Gasteiger partial charge >= 0.3 is 0 Å². The molecule has 1 aromatic heterocycles. The van der Waals surface area contributed by atoms with Gasteiger partial charge < -0.3 is 15.6 Å². The predicted molar refractivity (Wildman–Crippen MR) is 80.6 cm³/mol. The van der Waals surface area contributed by atoms with Crippen LogP contribution in [-0.4, -0.2) is 53.1 Å². The first-order valence-corrected chi connectivity index (χ1v) is 7.90. The van der Waals surface area contributed by atoms with Gasteiger partial charge in [-0.15, -0.1) is 0 Å². The predicted octanol–water partition coefficient (Wildman–Crippen LogP) is 0.869. The van der Waals surface area contributed by atoms with Crippen LogP contribution >= 0.6 is 11.8 Å². The van der Waals surface area contributed by atoms with Crippen molar-refractivity contribution in [3.63, 3.8) is 0 Å². The lowest BCUT2D eigenvalue weighted by atomic mass is 10.3. The number of nitrogens with zero attached hydrogens (tertiary/aromatic N) is 2. The number of carbonyl (C=O) groups excluding carboxylic acids is 1. The van der Waals surface area contributed by atoms with E-state index in [4.69, 9.17) is 5.73 Å². The number of amides is 1. The van der Waals surface area contributed by atoms with Crippen LogP contribution in [0.15, 0.2) is 12.3 Å². The van der Waals surface area contributed by atoms with Crippen LogP contribution < -0.4 is 11.1 Å². The van der Waals surface area contributed by atoms with Crippen LogP contribution in [0.25, 0.3) is 0 Å². The second-order valence-corrected chi connectivity index (χ2v) is 5.88. The SMILES string of the molecule is CCn1cc(N)cc1C(=O)NCCN1CCSCC1. The lowest BCUT2D eigenvalue weighted by molar-refractivity contribution is 0.0940. The first-order valence-electron chi connectivity index (χ1n) is 6.74. The largest absolute Gasteiger partial charge is 0.397 e. The molecule has 0 unspecified atom stereocenters. The number of nitrogens with one attached hydrogen (secondary N) is 1. The Morgan fingerprint density at radius 2 is 2.21 bits per heavy atom. The number of hydrogen-bond acceptors (Lipinski definition) is 4. The van der Waals surface area contributed by atoms with Crippen molar-refractivity contribution in [3.05, 3.63) is 18.0 Å². The van der Waals surface area contributed by atoms with Crippen molar-refractivity contribution in [1.82, 2.24) is 14.8 Å². The van der Waals surface area contributed by atoms with Crippen molar-refractivity contribution >= 4 is 23.4 Å². The number of rotatable bonds is 5. The zero-order chi connectivity index (χ0) is 13.7. The molecule has 3 N–H and O–H groups in total. The Kier molecular flexibility index (Phi) is 5.15. The number of nitrogens with two attached hydrogens (primary N) is 1. The molecule has 2 rings (SSSR count). The lowest BCUT2D eigenvalue weighted by Gasteiger charge is -2.26. The summed E-state index contributed by atoms with van der Waals surface area (Å²) in [6.45, 7) is 6.62. The molecular weight excluding hydrogens is 260 g/mol. The summed E-state index contributed by atoms with van der Waals surface area (Å²) in [6.07, 6.45) is 1.80. The number of anilines is 1. The number of carbonyl (C=O) groups is 1. The van der Waals surface area contributed by atoms with E-state index in [1.165, 1.54) is 11.5 Å². The molecule has 6 heteroatoms. The summed E-state index contributed by atoms with van der Waals surface area (Å²) >= 11 is 2.00. The van der Waals surface area contributed by atoms with Crippen LogP contribution in [0.4, 0.5) is 5.69 Å². The molecule has 1 aromatic rings. The third kappa shape index (κ3) is 3.91. The topological polar surface area (TPSA) is 63.3 Å². The van der Waals surface area contributed by atoms with Gasteiger partial charge in [0, 0.05) is 50.4 Å². The van der Waals surface area contributed by atoms with E-state index in [0.717, 1.165) is 26.2 Å². The first kappa shape index (κ1) is 14.3. The molecule has 0 bridgehead atoms. The Morgan fingerprint density at radius 3 is 2.89 bits per heavy atom. The lowest BCUT2D eigenvalue weighted by Crippen LogP contribution is -2.39. The van der Waals surface area contributed by atoms with E-state index in [0.29, 0.717) is 17.9 Å². The molecule has 5 nitrogen and oxygen atoms in total. The average molecular weight is 282 g/mol. The Labute approximate surface area is 118 Å². The second kappa shape index (κ2) is 6.86. The van der Waals surface area contributed by atoms with Crippen molar-refractivity contribution < 1.29 is 4.79 Å². The molecule has 1 saturated heterocycles. The van der Waals surface area contributed by atoms with Crippen LogP contribution in [0, 0.1) is 0 Å². The summed E-state index contributed by atoms with van der Waals surface area (Å²) in [5, 5.41) is 2.97. The molecule has 106 valence electrons. The minimum Gasteiger partial charge on any atom is -0.397 e. The summed E-state index contributed by atoms with van der Waals surface area (Å²) in [7, 11) is 0. The smallest absolute Gasteiger partial charge is 0.268 e. The van der Waals surface area contributed by atoms with Crippen molar-refractivity contribution in [2.45, 2.75) is 13.5 Å². The number of aryl methyl sites for hydroxylation is 1. The summed E-state index contributed by atoms with van der Waals surface area (Å²) in [5.74, 6) is 2.36. The van der Waals surface area contributed by atoms with E-state index in [2.05, 4.69) is 10.2 Å². The molecule has 1 aliphatic rings. The molecule has 0 aliphatic carbocycles. The minimum atomic E-state index is -0.0371. The zero-order valence-electron chi connectivity index (χ0n) is 11.4. The molecule has 0 radical (unpaired) electrons. The van der Waals surface area contributed by atoms with Crippen molar-refractivity contribution in [2.24, 2.45) is 0 Å². The molecule has 1 amide bonds. The summed E-state index contributed by atoms with van der Waals surface area (Å²) in [5.41, 5.74) is 7.01. The van der Waals surface area contributed by atoms with Gasteiger partial charge in [-0.3, -0.25) is 9.69 Å². The number of nitrogen functional groups attached to an aromatic ring is 1. The fourth-order valence-corrected chi connectivity index (χ4v) is 3.21.